The molecule has 0 heterocycles. The number of rotatable bonds is 44. The third kappa shape index (κ3) is 44.1. The SMILES string of the molecule is CCCCC/C=C\C/C=C\CCCCCCCCCC(=O)OC(COC(=O)CCCCCCCCCCCCCCCCCCC)COP(=O)([O-])OCC[N+](C)(C)C. The number of phosphoric ester groups is 1. The average Bonchev–Trinajstić information content (AvgIpc) is 3.17. The van der Waals surface area contributed by atoms with E-state index in [1.54, 1.807) is 0 Å². The molecule has 0 fully saturated rings. The molecule has 0 spiro atoms. The van der Waals surface area contributed by atoms with Gasteiger partial charge in [0.25, 0.3) is 7.82 Å². The number of hydrogen-bond acceptors (Lipinski definition) is 8. The fourth-order valence-corrected chi connectivity index (χ4v) is 7.41. The summed E-state index contributed by atoms with van der Waals surface area (Å²) < 4.78 is 34.0. The molecule has 0 N–H and O–H groups in total. The molecular formula is C48H92NO8P. The van der Waals surface area contributed by atoms with E-state index < -0.39 is 26.5 Å². The number of carbonyl (C=O) groups is 2. The van der Waals surface area contributed by atoms with Crippen molar-refractivity contribution >= 4 is 19.8 Å². The Hall–Kier alpha value is -1.51. The summed E-state index contributed by atoms with van der Waals surface area (Å²) in [6.45, 7) is 4.22. The maximum absolute atomic E-state index is 12.7. The minimum atomic E-state index is -4.63. The van der Waals surface area contributed by atoms with Gasteiger partial charge in [0, 0.05) is 12.8 Å². The number of allylic oxidation sites excluding steroid dienone is 4. The summed E-state index contributed by atoms with van der Waals surface area (Å²) in [5.41, 5.74) is 0. The van der Waals surface area contributed by atoms with E-state index in [0.29, 0.717) is 17.4 Å². The van der Waals surface area contributed by atoms with E-state index in [4.69, 9.17) is 18.5 Å². The van der Waals surface area contributed by atoms with Crippen LogP contribution in [-0.4, -0.2) is 70.0 Å². The highest BCUT2D eigenvalue weighted by Gasteiger charge is 2.21. The molecule has 0 aliphatic heterocycles. The van der Waals surface area contributed by atoms with E-state index in [-0.39, 0.29) is 32.0 Å². The molecule has 0 amide bonds. The Balaban J connectivity index is 4.29. The number of phosphoric acid groups is 1. The Morgan fingerprint density at radius 3 is 1.40 bits per heavy atom. The van der Waals surface area contributed by atoms with Crippen LogP contribution < -0.4 is 4.89 Å². The summed E-state index contributed by atoms with van der Waals surface area (Å²) in [5.74, 6) is -0.833. The van der Waals surface area contributed by atoms with Crippen LogP contribution in [0.2, 0.25) is 0 Å². The number of ether oxygens (including phenoxy) is 2. The van der Waals surface area contributed by atoms with Crippen LogP contribution >= 0.6 is 7.82 Å². The highest BCUT2D eigenvalue weighted by Crippen LogP contribution is 2.38. The predicted octanol–water partition coefficient (Wildman–Crippen LogP) is 13.3. The van der Waals surface area contributed by atoms with Gasteiger partial charge in [-0.05, 0) is 44.9 Å². The fourth-order valence-electron chi connectivity index (χ4n) is 6.69. The minimum absolute atomic E-state index is 0.0305. The molecule has 342 valence electrons. The average molecular weight is 842 g/mol. The summed E-state index contributed by atoms with van der Waals surface area (Å²) in [6.07, 6.45) is 44.8. The molecule has 0 aliphatic rings. The van der Waals surface area contributed by atoms with Crippen LogP contribution in [0.3, 0.4) is 0 Å². The number of hydrogen-bond donors (Lipinski definition) is 0. The van der Waals surface area contributed by atoms with Gasteiger partial charge in [0.1, 0.15) is 19.8 Å². The minimum Gasteiger partial charge on any atom is -0.756 e. The largest absolute Gasteiger partial charge is 0.756 e. The number of unbranched alkanes of at least 4 members (excludes halogenated alkanes) is 26. The van der Waals surface area contributed by atoms with Crippen LogP contribution in [0.25, 0.3) is 0 Å². The van der Waals surface area contributed by atoms with Gasteiger partial charge in [0.2, 0.25) is 0 Å². The first kappa shape index (κ1) is 56.5. The number of carbonyl (C=O) groups excluding carboxylic acids is 2. The summed E-state index contributed by atoms with van der Waals surface area (Å²) in [6, 6.07) is 0. The third-order valence-corrected chi connectivity index (χ3v) is 11.4. The Morgan fingerprint density at radius 2 is 0.931 bits per heavy atom. The van der Waals surface area contributed by atoms with E-state index in [1.165, 1.54) is 135 Å². The van der Waals surface area contributed by atoms with Crippen molar-refractivity contribution in [2.75, 3.05) is 47.5 Å². The summed E-state index contributed by atoms with van der Waals surface area (Å²) in [7, 11) is 1.17. The first-order valence-electron chi connectivity index (χ1n) is 24.0. The van der Waals surface area contributed by atoms with Gasteiger partial charge in [-0.1, -0.05) is 186 Å². The van der Waals surface area contributed by atoms with Crippen LogP contribution in [0, 0.1) is 0 Å². The van der Waals surface area contributed by atoms with E-state index in [2.05, 4.69) is 38.2 Å². The fraction of sp³-hybridized carbons (Fsp3) is 0.875. The monoisotopic (exact) mass is 842 g/mol. The first-order chi connectivity index (χ1) is 28.0. The predicted molar refractivity (Wildman–Crippen MR) is 241 cm³/mol. The topological polar surface area (TPSA) is 111 Å². The van der Waals surface area contributed by atoms with Crippen molar-refractivity contribution in [1.29, 1.82) is 0 Å². The quantitative estimate of drug-likeness (QED) is 0.0196. The molecule has 0 aromatic heterocycles. The second-order valence-corrected chi connectivity index (χ2v) is 18.9. The number of likely N-dealkylation sites (N-methyl/N-ethyl adjacent to an activating group) is 1. The molecule has 0 radical (unpaired) electrons. The highest BCUT2D eigenvalue weighted by molar-refractivity contribution is 7.45. The molecule has 2 atom stereocenters. The molecule has 10 heteroatoms. The molecule has 0 rings (SSSR count). The van der Waals surface area contributed by atoms with E-state index in [9.17, 15) is 19.0 Å². The van der Waals surface area contributed by atoms with Gasteiger partial charge < -0.3 is 27.9 Å². The van der Waals surface area contributed by atoms with Crippen molar-refractivity contribution in [3.8, 4) is 0 Å². The van der Waals surface area contributed by atoms with Crippen molar-refractivity contribution in [2.45, 2.75) is 225 Å². The maximum atomic E-state index is 12.7. The highest BCUT2D eigenvalue weighted by atomic mass is 31.2. The van der Waals surface area contributed by atoms with Gasteiger partial charge in [-0.25, -0.2) is 0 Å². The van der Waals surface area contributed by atoms with Gasteiger partial charge in [-0.2, -0.15) is 0 Å². The zero-order chi connectivity index (χ0) is 42.8. The van der Waals surface area contributed by atoms with Crippen molar-refractivity contribution in [1.82, 2.24) is 0 Å². The van der Waals surface area contributed by atoms with Gasteiger partial charge in [-0.3, -0.25) is 14.2 Å². The van der Waals surface area contributed by atoms with Crippen LogP contribution in [0.5, 0.6) is 0 Å². The van der Waals surface area contributed by atoms with Crippen LogP contribution in [-0.2, 0) is 32.7 Å². The van der Waals surface area contributed by atoms with E-state index in [0.717, 1.165) is 51.4 Å². The number of esters is 2. The second-order valence-electron chi connectivity index (χ2n) is 17.5. The van der Waals surface area contributed by atoms with Gasteiger partial charge >= 0.3 is 11.9 Å². The second kappa shape index (κ2) is 40.9. The lowest BCUT2D eigenvalue weighted by Gasteiger charge is -2.28. The van der Waals surface area contributed by atoms with Crippen molar-refractivity contribution < 1.29 is 42.1 Å². The molecular weight excluding hydrogens is 750 g/mol. The maximum Gasteiger partial charge on any atom is 0.306 e. The smallest absolute Gasteiger partial charge is 0.306 e. The van der Waals surface area contributed by atoms with E-state index >= 15 is 0 Å². The summed E-state index contributed by atoms with van der Waals surface area (Å²) >= 11 is 0. The lowest BCUT2D eigenvalue weighted by Crippen LogP contribution is -2.37. The third-order valence-electron chi connectivity index (χ3n) is 10.5. The Morgan fingerprint density at radius 1 is 0.534 bits per heavy atom. The molecule has 0 aliphatic carbocycles. The molecule has 0 saturated heterocycles. The normalized spacial score (nSPS) is 13.7. The lowest BCUT2D eigenvalue weighted by atomic mass is 10.0. The Kier molecular flexibility index (Phi) is 39.8. The molecule has 9 nitrogen and oxygen atoms in total. The van der Waals surface area contributed by atoms with Crippen LogP contribution in [0.4, 0.5) is 0 Å². The zero-order valence-corrected chi connectivity index (χ0v) is 39.4. The molecule has 58 heavy (non-hydrogen) atoms. The standard InChI is InChI=1S/C48H92NO8P/c1-6-8-10-12-14-16-18-20-22-24-26-28-30-32-34-36-38-40-47(50)54-44-46(45-56-58(52,53)55-43-42-49(3,4)5)57-48(51)41-39-37-35-33-31-29-27-25-23-21-19-17-15-13-11-9-7-2/h15,17,21,23,46H,6-14,16,18-20,22,24-45H2,1-5H3/b17-15-,23-21-. The van der Waals surface area contributed by atoms with Crippen LogP contribution in [0.1, 0.15) is 219 Å². The Bertz CT molecular complexity index is 1040. The van der Waals surface area contributed by atoms with E-state index in [1.807, 2.05) is 21.1 Å². The molecule has 0 bridgehead atoms. The van der Waals surface area contributed by atoms with Crippen molar-refractivity contribution in [3.05, 3.63) is 24.3 Å². The van der Waals surface area contributed by atoms with Crippen LogP contribution in [0.15, 0.2) is 24.3 Å². The zero-order valence-electron chi connectivity index (χ0n) is 38.5. The lowest BCUT2D eigenvalue weighted by molar-refractivity contribution is -0.870. The van der Waals surface area contributed by atoms with Gasteiger partial charge in [-0.15, -0.1) is 0 Å². The van der Waals surface area contributed by atoms with Gasteiger partial charge in [0.15, 0.2) is 6.10 Å². The Labute approximate surface area is 358 Å². The molecule has 0 aromatic rings. The summed E-state index contributed by atoms with van der Waals surface area (Å²) in [5, 5.41) is 0. The first-order valence-corrected chi connectivity index (χ1v) is 25.5. The molecule has 0 aromatic carbocycles. The number of quaternary nitrogens is 1. The number of nitrogens with zero attached hydrogens (tertiary/aromatic N) is 1. The van der Waals surface area contributed by atoms with Crippen molar-refractivity contribution in [3.63, 3.8) is 0 Å². The van der Waals surface area contributed by atoms with Crippen molar-refractivity contribution in [2.24, 2.45) is 0 Å². The summed E-state index contributed by atoms with van der Waals surface area (Å²) in [4.78, 5) is 37.6. The van der Waals surface area contributed by atoms with Gasteiger partial charge in [0.05, 0.1) is 27.7 Å². The molecule has 0 saturated carbocycles. The molecule has 2 unspecified atom stereocenters.